The lowest BCUT2D eigenvalue weighted by molar-refractivity contribution is 0.576. The molecule has 0 fully saturated rings. The molecule has 7 heteroatoms. The van der Waals surface area contributed by atoms with Crippen molar-refractivity contribution in [3.63, 3.8) is 0 Å². The lowest BCUT2D eigenvalue weighted by Crippen LogP contribution is -2.18. The molecule has 136 valence electrons. The maximum atomic E-state index is 5.54. The van der Waals surface area contributed by atoms with Crippen molar-refractivity contribution in [1.29, 1.82) is 0 Å². The van der Waals surface area contributed by atoms with Crippen LogP contribution in [-0.2, 0) is 19.9 Å². The van der Waals surface area contributed by atoms with Gasteiger partial charge >= 0.3 is 0 Å². The molecule has 0 saturated heterocycles. The van der Waals surface area contributed by atoms with E-state index in [1.165, 1.54) is 5.56 Å². The van der Waals surface area contributed by atoms with Crippen LogP contribution in [0.1, 0.15) is 36.3 Å². The molecular formula is C19H24N6O. The van der Waals surface area contributed by atoms with Gasteiger partial charge in [-0.1, -0.05) is 6.92 Å². The molecule has 0 aliphatic carbocycles. The van der Waals surface area contributed by atoms with Gasteiger partial charge in [-0.25, -0.2) is 9.97 Å². The summed E-state index contributed by atoms with van der Waals surface area (Å²) in [6.45, 7) is 4.03. The van der Waals surface area contributed by atoms with Gasteiger partial charge in [0.2, 0.25) is 0 Å². The number of rotatable bonds is 5. The Balaban J connectivity index is 1.76. The van der Waals surface area contributed by atoms with E-state index >= 15 is 0 Å². The van der Waals surface area contributed by atoms with E-state index in [-0.39, 0.29) is 6.04 Å². The Kier molecular flexibility index (Phi) is 4.71. The third-order valence-electron chi connectivity index (χ3n) is 4.86. The fourth-order valence-corrected chi connectivity index (χ4v) is 3.46. The SMILES string of the molecule is CC[C@H](Nc1nc(-c2ccco2)nc2c1CCNCC2)c1ccnn1C. The van der Waals surface area contributed by atoms with Gasteiger partial charge in [0.15, 0.2) is 11.6 Å². The molecule has 3 aromatic heterocycles. The summed E-state index contributed by atoms with van der Waals surface area (Å²) in [6, 6.07) is 5.96. The standard InChI is InChI=1S/C19H24N6O/c1-3-14(16-8-11-21-25(16)2)22-18-13-6-9-20-10-7-15(13)23-19(24-18)17-5-4-12-26-17/h4-5,8,11-12,14,20H,3,6-7,9-10H2,1-2H3,(H,22,23,24)/t14-/m0/s1. The molecule has 0 saturated carbocycles. The predicted molar refractivity (Wildman–Crippen MR) is 99.9 cm³/mol. The van der Waals surface area contributed by atoms with Crippen molar-refractivity contribution in [2.75, 3.05) is 18.4 Å². The van der Waals surface area contributed by atoms with Crippen LogP contribution in [0.4, 0.5) is 5.82 Å². The Morgan fingerprint density at radius 2 is 2.15 bits per heavy atom. The first-order valence-corrected chi connectivity index (χ1v) is 9.15. The minimum Gasteiger partial charge on any atom is -0.461 e. The van der Waals surface area contributed by atoms with Crippen LogP contribution in [0, 0.1) is 0 Å². The number of hydrogen-bond acceptors (Lipinski definition) is 6. The van der Waals surface area contributed by atoms with Gasteiger partial charge in [0.25, 0.3) is 0 Å². The van der Waals surface area contributed by atoms with E-state index in [1.807, 2.05) is 30.1 Å². The normalized spacial score (nSPS) is 15.3. The van der Waals surface area contributed by atoms with Crippen molar-refractivity contribution in [2.24, 2.45) is 7.05 Å². The molecule has 7 nitrogen and oxygen atoms in total. The number of nitrogens with one attached hydrogen (secondary N) is 2. The van der Waals surface area contributed by atoms with E-state index in [4.69, 9.17) is 14.4 Å². The summed E-state index contributed by atoms with van der Waals surface area (Å²) in [4.78, 5) is 9.61. The maximum Gasteiger partial charge on any atom is 0.197 e. The molecule has 0 aromatic carbocycles. The maximum absolute atomic E-state index is 5.54. The summed E-state index contributed by atoms with van der Waals surface area (Å²) in [5.74, 6) is 2.23. The molecule has 0 bridgehead atoms. The first-order valence-electron chi connectivity index (χ1n) is 9.15. The Bertz CT molecular complexity index is 870. The van der Waals surface area contributed by atoms with Crippen LogP contribution in [0.3, 0.4) is 0 Å². The third kappa shape index (κ3) is 3.22. The molecule has 1 aliphatic rings. The molecule has 1 atom stereocenters. The van der Waals surface area contributed by atoms with E-state index < -0.39 is 0 Å². The third-order valence-corrected chi connectivity index (χ3v) is 4.86. The predicted octanol–water partition coefficient (Wildman–Crippen LogP) is 2.72. The van der Waals surface area contributed by atoms with E-state index in [1.54, 1.807) is 6.26 Å². The van der Waals surface area contributed by atoms with Crippen molar-refractivity contribution < 1.29 is 4.42 Å². The van der Waals surface area contributed by atoms with Crippen molar-refractivity contribution >= 4 is 5.82 Å². The zero-order chi connectivity index (χ0) is 17.9. The Labute approximate surface area is 152 Å². The molecule has 26 heavy (non-hydrogen) atoms. The highest BCUT2D eigenvalue weighted by Crippen LogP contribution is 2.28. The number of fused-ring (bicyclic) bond motifs is 1. The average Bonchev–Trinajstić information content (AvgIpc) is 3.27. The second-order valence-corrected chi connectivity index (χ2v) is 6.53. The van der Waals surface area contributed by atoms with Crippen molar-refractivity contribution in [3.05, 3.63) is 47.6 Å². The number of nitrogens with zero attached hydrogens (tertiary/aromatic N) is 4. The van der Waals surface area contributed by atoms with Crippen LogP contribution < -0.4 is 10.6 Å². The molecule has 0 radical (unpaired) electrons. The summed E-state index contributed by atoms with van der Waals surface area (Å²) in [5.41, 5.74) is 3.44. The average molecular weight is 352 g/mol. The zero-order valence-corrected chi connectivity index (χ0v) is 15.2. The Morgan fingerprint density at radius 1 is 1.27 bits per heavy atom. The molecule has 1 aliphatic heterocycles. The van der Waals surface area contributed by atoms with Crippen molar-refractivity contribution in [2.45, 2.75) is 32.2 Å². The monoisotopic (exact) mass is 352 g/mol. The molecule has 2 N–H and O–H groups in total. The van der Waals surface area contributed by atoms with Crippen LogP contribution in [0.5, 0.6) is 0 Å². The molecule has 3 aromatic rings. The van der Waals surface area contributed by atoms with Crippen molar-refractivity contribution in [3.8, 4) is 11.6 Å². The zero-order valence-electron chi connectivity index (χ0n) is 15.2. The fourth-order valence-electron chi connectivity index (χ4n) is 3.46. The molecule has 0 spiro atoms. The number of hydrogen-bond donors (Lipinski definition) is 2. The summed E-state index contributed by atoms with van der Waals surface area (Å²) in [6.07, 6.45) is 6.23. The molecule has 4 rings (SSSR count). The fraction of sp³-hybridized carbons (Fsp3) is 0.421. The first-order chi connectivity index (χ1) is 12.8. The summed E-state index contributed by atoms with van der Waals surface area (Å²) < 4.78 is 7.45. The minimum absolute atomic E-state index is 0.141. The minimum atomic E-state index is 0.141. The molecule has 4 heterocycles. The lowest BCUT2D eigenvalue weighted by atomic mass is 10.1. The van der Waals surface area contributed by atoms with Crippen LogP contribution in [0.2, 0.25) is 0 Å². The number of furan rings is 1. The quantitative estimate of drug-likeness (QED) is 0.735. The summed E-state index contributed by atoms with van der Waals surface area (Å²) in [5, 5.41) is 11.4. The first kappa shape index (κ1) is 16.8. The second-order valence-electron chi connectivity index (χ2n) is 6.53. The van der Waals surface area contributed by atoms with Crippen LogP contribution in [0.25, 0.3) is 11.6 Å². The molecule has 0 amide bonds. The Hall–Kier alpha value is -2.67. The molecule has 0 unspecified atom stereocenters. The van der Waals surface area contributed by atoms with E-state index in [2.05, 4.69) is 28.7 Å². The number of aryl methyl sites for hydroxylation is 1. The lowest BCUT2D eigenvalue weighted by Gasteiger charge is -2.21. The van der Waals surface area contributed by atoms with Crippen LogP contribution >= 0.6 is 0 Å². The highest BCUT2D eigenvalue weighted by molar-refractivity contribution is 5.56. The molecular weight excluding hydrogens is 328 g/mol. The summed E-state index contributed by atoms with van der Waals surface area (Å²) in [7, 11) is 1.97. The van der Waals surface area contributed by atoms with Gasteiger partial charge in [0.1, 0.15) is 5.82 Å². The van der Waals surface area contributed by atoms with Gasteiger partial charge in [-0.15, -0.1) is 0 Å². The summed E-state index contributed by atoms with van der Waals surface area (Å²) >= 11 is 0. The second kappa shape index (κ2) is 7.29. The van der Waals surface area contributed by atoms with Crippen molar-refractivity contribution in [1.82, 2.24) is 25.1 Å². The largest absolute Gasteiger partial charge is 0.461 e. The smallest absolute Gasteiger partial charge is 0.197 e. The Morgan fingerprint density at radius 3 is 2.88 bits per heavy atom. The number of aromatic nitrogens is 4. The topological polar surface area (TPSA) is 80.8 Å². The van der Waals surface area contributed by atoms with Gasteiger partial charge in [-0.05, 0) is 37.6 Å². The van der Waals surface area contributed by atoms with E-state index in [0.29, 0.717) is 11.6 Å². The van der Waals surface area contributed by atoms with Gasteiger partial charge in [0, 0.05) is 31.8 Å². The van der Waals surface area contributed by atoms with Gasteiger partial charge < -0.3 is 15.1 Å². The van der Waals surface area contributed by atoms with Gasteiger partial charge in [-0.2, -0.15) is 5.10 Å². The van der Waals surface area contributed by atoms with Gasteiger partial charge in [-0.3, -0.25) is 4.68 Å². The highest BCUT2D eigenvalue weighted by Gasteiger charge is 2.21. The van der Waals surface area contributed by atoms with E-state index in [9.17, 15) is 0 Å². The van der Waals surface area contributed by atoms with E-state index in [0.717, 1.165) is 49.6 Å². The van der Waals surface area contributed by atoms with Gasteiger partial charge in [0.05, 0.1) is 23.7 Å². The number of anilines is 1. The van der Waals surface area contributed by atoms with Crippen LogP contribution in [-0.4, -0.2) is 32.8 Å². The van der Waals surface area contributed by atoms with Crippen LogP contribution in [0.15, 0.2) is 35.1 Å². The highest BCUT2D eigenvalue weighted by atomic mass is 16.3.